The Bertz CT molecular complexity index is 974. The van der Waals surface area contributed by atoms with Gasteiger partial charge in [-0.1, -0.05) is 13.3 Å². The number of anilines is 1. The van der Waals surface area contributed by atoms with Crippen LogP contribution in [0.3, 0.4) is 0 Å². The maximum Gasteiger partial charge on any atom is 0.284 e. The van der Waals surface area contributed by atoms with E-state index in [1.165, 1.54) is 16.9 Å². The number of nitrogens with one attached hydrogen (secondary N) is 1. The minimum absolute atomic E-state index is 0.0351. The lowest BCUT2D eigenvalue weighted by molar-refractivity contribution is 0.102. The highest BCUT2D eigenvalue weighted by atomic mass is 19.3. The third-order valence-electron chi connectivity index (χ3n) is 5.51. The second-order valence-electron chi connectivity index (χ2n) is 7.19. The number of rotatable bonds is 5. The normalized spacial score (nSPS) is 20.0. The smallest absolute Gasteiger partial charge is 0.284 e. The summed E-state index contributed by atoms with van der Waals surface area (Å²) in [5.41, 5.74) is 0.212. The number of fused-ring (bicyclic) bond motifs is 1. The molecule has 1 saturated carbocycles. The number of alkyl halides is 2. The average Bonchev–Trinajstić information content (AvgIpc) is 3.32. The molecule has 0 saturated heterocycles. The monoisotopic (exact) mass is 388 g/mol. The van der Waals surface area contributed by atoms with Crippen molar-refractivity contribution in [3.63, 3.8) is 0 Å². The van der Waals surface area contributed by atoms with Gasteiger partial charge >= 0.3 is 0 Å². The number of aromatic nitrogens is 5. The van der Waals surface area contributed by atoms with Crippen molar-refractivity contribution in [1.29, 1.82) is 0 Å². The molecule has 1 aliphatic carbocycles. The van der Waals surface area contributed by atoms with Gasteiger partial charge in [-0.3, -0.25) is 9.48 Å². The Hall–Kier alpha value is -2.84. The fourth-order valence-electron chi connectivity index (χ4n) is 3.84. The van der Waals surface area contributed by atoms with E-state index in [1.54, 1.807) is 23.1 Å². The Morgan fingerprint density at radius 1 is 1.32 bits per heavy atom. The molecule has 7 nitrogen and oxygen atoms in total. The Kier molecular flexibility index (Phi) is 5.06. The first-order chi connectivity index (χ1) is 13.6. The topological polar surface area (TPSA) is 77.1 Å². The van der Waals surface area contributed by atoms with E-state index in [4.69, 9.17) is 0 Å². The first-order valence-electron chi connectivity index (χ1n) is 9.53. The van der Waals surface area contributed by atoms with Crippen LogP contribution < -0.4 is 5.32 Å². The van der Waals surface area contributed by atoms with Gasteiger partial charge in [-0.15, -0.1) is 0 Å². The van der Waals surface area contributed by atoms with Gasteiger partial charge in [-0.2, -0.15) is 10.2 Å². The van der Waals surface area contributed by atoms with Crippen LogP contribution in [0.4, 0.5) is 14.5 Å². The molecule has 0 bridgehead atoms. The maximum atomic E-state index is 13.5. The summed E-state index contributed by atoms with van der Waals surface area (Å²) in [6.45, 7) is 2.18. The fourth-order valence-corrected chi connectivity index (χ4v) is 3.84. The summed E-state index contributed by atoms with van der Waals surface area (Å²) in [4.78, 5) is 16.8. The van der Waals surface area contributed by atoms with Crippen molar-refractivity contribution in [2.45, 2.75) is 51.5 Å². The zero-order valence-corrected chi connectivity index (χ0v) is 15.6. The van der Waals surface area contributed by atoms with Gasteiger partial charge in [0.2, 0.25) is 0 Å². The Morgan fingerprint density at radius 3 is 2.82 bits per heavy atom. The molecule has 148 valence electrons. The van der Waals surface area contributed by atoms with Crippen LogP contribution in [0.1, 0.15) is 67.5 Å². The number of hydrogen-bond acceptors (Lipinski definition) is 4. The predicted molar refractivity (Wildman–Crippen MR) is 99.4 cm³/mol. The molecule has 9 heteroatoms. The van der Waals surface area contributed by atoms with Gasteiger partial charge in [0.15, 0.2) is 11.3 Å². The molecule has 0 spiro atoms. The SMILES string of the molecule is CCC1CCC(n2cc(NC(=O)c3cnn4cccnc34)c(C(F)F)n2)CC1. The molecule has 0 aliphatic heterocycles. The second-order valence-corrected chi connectivity index (χ2v) is 7.19. The summed E-state index contributed by atoms with van der Waals surface area (Å²) in [7, 11) is 0. The summed E-state index contributed by atoms with van der Waals surface area (Å²) in [6.07, 6.45) is 8.43. The molecule has 0 unspecified atom stereocenters. The van der Waals surface area contributed by atoms with Crippen molar-refractivity contribution in [2.24, 2.45) is 5.92 Å². The molecule has 28 heavy (non-hydrogen) atoms. The molecule has 3 heterocycles. The number of carbonyl (C=O) groups excluding carboxylic acids is 1. The number of hydrogen-bond donors (Lipinski definition) is 1. The zero-order chi connectivity index (χ0) is 19.7. The van der Waals surface area contributed by atoms with E-state index in [0.717, 1.165) is 32.1 Å². The van der Waals surface area contributed by atoms with Crippen molar-refractivity contribution in [3.8, 4) is 0 Å². The molecule has 0 atom stereocenters. The number of halogens is 2. The molecule has 0 aromatic carbocycles. The van der Waals surface area contributed by atoms with Crippen molar-refractivity contribution in [1.82, 2.24) is 24.4 Å². The third kappa shape index (κ3) is 3.48. The van der Waals surface area contributed by atoms with Gasteiger partial charge in [-0.25, -0.2) is 18.3 Å². The van der Waals surface area contributed by atoms with Crippen LogP contribution in [0.5, 0.6) is 0 Å². The molecule has 1 N–H and O–H groups in total. The van der Waals surface area contributed by atoms with E-state index in [-0.39, 0.29) is 17.3 Å². The summed E-state index contributed by atoms with van der Waals surface area (Å²) < 4.78 is 30.1. The van der Waals surface area contributed by atoms with Crippen LogP contribution in [0, 0.1) is 5.92 Å². The lowest BCUT2D eigenvalue weighted by atomic mass is 9.85. The highest BCUT2D eigenvalue weighted by molar-refractivity contribution is 6.08. The molecular weight excluding hydrogens is 366 g/mol. The molecule has 1 fully saturated rings. The summed E-state index contributed by atoms with van der Waals surface area (Å²) in [5, 5.41) is 10.7. The zero-order valence-electron chi connectivity index (χ0n) is 15.6. The lowest BCUT2D eigenvalue weighted by Gasteiger charge is -2.27. The predicted octanol–water partition coefficient (Wildman–Crippen LogP) is 4.26. The van der Waals surface area contributed by atoms with Crippen LogP contribution >= 0.6 is 0 Å². The fraction of sp³-hybridized carbons (Fsp3) is 0.474. The first kappa shape index (κ1) is 18.5. The molecule has 3 aromatic heterocycles. The van der Waals surface area contributed by atoms with Crippen LogP contribution in [0.25, 0.3) is 5.65 Å². The Morgan fingerprint density at radius 2 is 2.11 bits per heavy atom. The highest BCUT2D eigenvalue weighted by Crippen LogP contribution is 2.35. The largest absolute Gasteiger partial charge is 0.319 e. The quantitative estimate of drug-likeness (QED) is 0.709. The van der Waals surface area contributed by atoms with E-state index < -0.39 is 18.0 Å². The van der Waals surface area contributed by atoms with E-state index >= 15 is 0 Å². The van der Waals surface area contributed by atoms with Gasteiger partial charge in [0.1, 0.15) is 5.56 Å². The third-order valence-corrected chi connectivity index (χ3v) is 5.51. The van der Waals surface area contributed by atoms with Gasteiger partial charge in [0.05, 0.1) is 17.9 Å². The number of carbonyl (C=O) groups is 1. The molecule has 1 aliphatic rings. The van der Waals surface area contributed by atoms with E-state index in [2.05, 4.69) is 27.4 Å². The van der Waals surface area contributed by atoms with Crippen molar-refractivity contribution in [2.75, 3.05) is 5.32 Å². The standard InChI is InChI=1S/C19H22F2N6O/c1-2-12-4-6-13(7-5-12)27-11-15(16(25-27)17(20)21)24-19(28)14-10-23-26-9-3-8-22-18(14)26/h3,8-13,17H,2,4-7H2,1H3,(H,24,28). The van der Waals surface area contributed by atoms with E-state index in [1.807, 2.05) is 0 Å². The molecule has 3 aromatic rings. The van der Waals surface area contributed by atoms with Crippen LogP contribution in [-0.2, 0) is 0 Å². The van der Waals surface area contributed by atoms with E-state index in [0.29, 0.717) is 11.6 Å². The Balaban J connectivity index is 1.57. The van der Waals surface area contributed by atoms with Gasteiger partial charge in [0.25, 0.3) is 12.3 Å². The molecule has 1 amide bonds. The first-order valence-corrected chi connectivity index (χ1v) is 9.53. The van der Waals surface area contributed by atoms with Crippen molar-refractivity contribution >= 4 is 17.2 Å². The van der Waals surface area contributed by atoms with Crippen LogP contribution in [-0.4, -0.2) is 30.3 Å². The second kappa shape index (κ2) is 7.65. The van der Waals surface area contributed by atoms with E-state index in [9.17, 15) is 13.6 Å². The van der Waals surface area contributed by atoms with Crippen molar-refractivity contribution < 1.29 is 13.6 Å². The lowest BCUT2D eigenvalue weighted by Crippen LogP contribution is -2.18. The summed E-state index contributed by atoms with van der Waals surface area (Å²) in [5.74, 6) is 0.161. The Labute approximate surface area is 160 Å². The highest BCUT2D eigenvalue weighted by Gasteiger charge is 2.27. The number of nitrogens with zero attached hydrogens (tertiary/aromatic N) is 5. The van der Waals surface area contributed by atoms with Gasteiger partial charge in [-0.05, 0) is 37.7 Å². The molecule has 0 radical (unpaired) electrons. The van der Waals surface area contributed by atoms with Crippen molar-refractivity contribution in [3.05, 3.63) is 42.1 Å². The summed E-state index contributed by atoms with van der Waals surface area (Å²) in [6, 6.07) is 1.78. The minimum Gasteiger partial charge on any atom is -0.319 e. The van der Waals surface area contributed by atoms with Crippen LogP contribution in [0.2, 0.25) is 0 Å². The molecular formula is C19H22F2N6O. The average molecular weight is 388 g/mol. The maximum absolute atomic E-state index is 13.5. The summed E-state index contributed by atoms with van der Waals surface area (Å²) >= 11 is 0. The number of amides is 1. The van der Waals surface area contributed by atoms with Crippen LogP contribution in [0.15, 0.2) is 30.9 Å². The van der Waals surface area contributed by atoms with Gasteiger partial charge < -0.3 is 5.32 Å². The molecule has 4 rings (SSSR count). The van der Waals surface area contributed by atoms with Gasteiger partial charge in [0, 0.05) is 18.6 Å². The minimum atomic E-state index is -2.77.